The maximum Gasteiger partial charge on any atom is 0.338 e. The molecule has 0 heterocycles. The summed E-state index contributed by atoms with van der Waals surface area (Å²) in [4.78, 5) is 11.9. The normalized spacial score (nSPS) is 10.8. The summed E-state index contributed by atoms with van der Waals surface area (Å²) in [6.45, 7) is 4.84. The van der Waals surface area contributed by atoms with Gasteiger partial charge in [0.2, 0.25) is 0 Å². The lowest BCUT2D eigenvalue weighted by atomic mass is 10.0. The van der Waals surface area contributed by atoms with E-state index in [2.05, 4.69) is 6.92 Å². The molecule has 1 rings (SSSR count). The second-order valence-corrected chi connectivity index (χ2v) is 7.60. The van der Waals surface area contributed by atoms with Gasteiger partial charge in [0.1, 0.15) is 0 Å². The number of aryl methyl sites for hydroxylation is 1. The monoisotopic (exact) mass is 360 g/mol. The van der Waals surface area contributed by atoms with Gasteiger partial charge in [-0.05, 0) is 25.5 Å². The number of carbonyl (C=O) groups is 1. The molecule has 0 aliphatic rings. The summed E-state index contributed by atoms with van der Waals surface area (Å²) in [7, 11) is 0. The van der Waals surface area contributed by atoms with Gasteiger partial charge in [-0.3, -0.25) is 0 Å². The lowest BCUT2D eigenvalue weighted by Gasteiger charge is -2.05. The lowest BCUT2D eigenvalue weighted by molar-refractivity contribution is 0.0497. The molecule has 0 aliphatic carbocycles. The van der Waals surface area contributed by atoms with Crippen LogP contribution in [0.15, 0.2) is 24.3 Å². The van der Waals surface area contributed by atoms with Crippen molar-refractivity contribution in [3.8, 4) is 0 Å². The van der Waals surface area contributed by atoms with Crippen molar-refractivity contribution >= 4 is 5.97 Å². The standard InChI is InChI=1S/C24H40O2/c1-3-4-5-6-7-8-9-10-11-12-13-14-15-16-21-26-24(25)23-19-17-22(2)18-20-23/h17-20H,3-16,21H2,1-2H3. The van der Waals surface area contributed by atoms with Gasteiger partial charge in [-0.15, -0.1) is 0 Å². The van der Waals surface area contributed by atoms with Gasteiger partial charge in [0.15, 0.2) is 0 Å². The fourth-order valence-electron chi connectivity index (χ4n) is 3.23. The van der Waals surface area contributed by atoms with E-state index in [0.717, 1.165) is 12.0 Å². The van der Waals surface area contributed by atoms with Crippen molar-refractivity contribution in [1.29, 1.82) is 0 Å². The van der Waals surface area contributed by atoms with Crippen molar-refractivity contribution < 1.29 is 9.53 Å². The quantitative estimate of drug-likeness (QED) is 0.224. The molecule has 0 unspecified atom stereocenters. The number of hydrogen-bond donors (Lipinski definition) is 0. The molecule has 0 aromatic heterocycles. The van der Waals surface area contributed by atoms with E-state index in [0.29, 0.717) is 12.2 Å². The Morgan fingerprint density at radius 3 is 1.58 bits per heavy atom. The highest BCUT2D eigenvalue weighted by Crippen LogP contribution is 2.13. The first-order valence-corrected chi connectivity index (χ1v) is 11.0. The third-order valence-corrected chi connectivity index (χ3v) is 5.02. The van der Waals surface area contributed by atoms with E-state index in [1.807, 2.05) is 31.2 Å². The van der Waals surface area contributed by atoms with Crippen LogP contribution >= 0.6 is 0 Å². The summed E-state index contributed by atoms with van der Waals surface area (Å²) in [6, 6.07) is 7.57. The average Bonchev–Trinajstić information content (AvgIpc) is 2.65. The maximum atomic E-state index is 11.9. The fraction of sp³-hybridized carbons (Fsp3) is 0.708. The molecule has 0 bridgehead atoms. The summed E-state index contributed by atoms with van der Waals surface area (Å²) >= 11 is 0. The van der Waals surface area contributed by atoms with Crippen molar-refractivity contribution in [3.63, 3.8) is 0 Å². The Balaban J connectivity index is 1.82. The third kappa shape index (κ3) is 12.1. The third-order valence-electron chi connectivity index (χ3n) is 5.02. The van der Waals surface area contributed by atoms with Crippen LogP contribution < -0.4 is 0 Å². The predicted molar refractivity (Wildman–Crippen MR) is 112 cm³/mol. The molecule has 0 N–H and O–H groups in total. The molecule has 1 aromatic rings. The molecule has 148 valence electrons. The first kappa shape index (κ1) is 22.7. The van der Waals surface area contributed by atoms with Crippen molar-refractivity contribution in [1.82, 2.24) is 0 Å². The molecule has 0 radical (unpaired) electrons. The smallest absolute Gasteiger partial charge is 0.338 e. The highest BCUT2D eigenvalue weighted by Gasteiger charge is 2.05. The van der Waals surface area contributed by atoms with E-state index in [1.165, 1.54) is 83.5 Å². The summed E-state index contributed by atoms with van der Waals surface area (Å²) in [5.74, 6) is -0.195. The number of carbonyl (C=O) groups excluding carboxylic acids is 1. The van der Waals surface area contributed by atoms with Gasteiger partial charge in [-0.25, -0.2) is 4.79 Å². The van der Waals surface area contributed by atoms with Crippen LogP contribution in [0.3, 0.4) is 0 Å². The fourth-order valence-corrected chi connectivity index (χ4v) is 3.23. The van der Waals surface area contributed by atoms with Crippen LogP contribution in [0.1, 0.15) is 113 Å². The molecule has 0 spiro atoms. The number of benzene rings is 1. The number of rotatable bonds is 16. The van der Waals surface area contributed by atoms with Crippen LogP contribution in [0.25, 0.3) is 0 Å². The Morgan fingerprint density at radius 2 is 1.12 bits per heavy atom. The van der Waals surface area contributed by atoms with Gasteiger partial charge < -0.3 is 4.74 Å². The molecular weight excluding hydrogens is 320 g/mol. The molecule has 0 saturated heterocycles. The summed E-state index contributed by atoms with van der Waals surface area (Å²) in [5, 5.41) is 0. The van der Waals surface area contributed by atoms with E-state index < -0.39 is 0 Å². The van der Waals surface area contributed by atoms with Gasteiger partial charge in [-0.1, -0.05) is 108 Å². The molecule has 26 heavy (non-hydrogen) atoms. The number of unbranched alkanes of at least 4 members (excludes halogenated alkanes) is 13. The van der Waals surface area contributed by atoms with Gasteiger partial charge in [0, 0.05) is 0 Å². The minimum atomic E-state index is -0.195. The van der Waals surface area contributed by atoms with Crippen LogP contribution in [0.2, 0.25) is 0 Å². The first-order valence-electron chi connectivity index (χ1n) is 11.0. The van der Waals surface area contributed by atoms with Crippen LogP contribution in [-0.4, -0.2) is 12.6 Å². The Bertz CT molecular complexity index is 450. The number of ether oxygens (including phenoxy) is 1. The van der Waals surface area contributed by atoms with E-state index >= 15 is 0 Å². The van der Waals surface area contributed by atoms with Crippen LogP contribution in [0, 0.1) is 6.92 Å². The molecule has 1 aromatic carbocycles. The largest absolute Gasteiger partial charge is 0.462 e. The predicted octanol–water partition coefficient (Wildman–Crippen LogP) is 7.63. The zero-order chi connectivity index (χ0) is 18.9. The molecule has 0 fully saturated rings. The number of hydrogen-bond acceptors (Lipinski definition) is 2. The highest BCUT2D eigenvalue weighted by atomic mass is 16.5. The zero-order valence-electron chi connectivity index (χ0n) is 17.2. The van der Waals surface area contributed by atoms with Crippen LogP contribution in [0.4, 0.5) is 0 Å². The topological polar surface area (TPSA) is 26.3 Å². The Kier molecular flexibility index (Phi) is 13.9. The van der Waals surface area contributed by atoms with Gasteiger partial charge in [-0.2, -0.15) is 0 Å². The van der Waals surface area contributed by atoms with Gasteiger partial charge >= 0.3 is 5.97 Å². The SMILES string of the molecule is CCCCCCCCCCCCCCCCOC(=O)c1ccc(C)cc1. The molecule has 0 atom stereocenters. The molecule has 0 aliphatic heterocycles. The summed E-state index contributed by atoms with van der Waals surface area (Å²) in [6.07, 6.45) is 18.8. The Hall–Kier alpha value is -1.31. The minimum absolute atomic E-state index is 0.195. The minimum Gasteiger partial charge on any atom is -0.462 e. The summed E-state index contributed by atoms with van der Waals surface area (Å²) in [5.41, 5.74) is 1.81. The van der Waals surface area contributed by atoms with Crippen molar-refractivity contribution in [3.05, 3.63) is 35.4 Å². The Morgan fingerprint density at radius 1 is 0.692 bits per heavy atom. The summed E-state index contributed by atoms with van der Waals surface area (Å²) < 4.78 is 5.34. The second-order valence-electron chi connectivity index (χ2n) is 7.60. The van der Waals surface area contributed by atoms with Crippen LogP contribution in [-0.2, 0) is 4.74 Å². The van der Waals surface area contributed by atoms with Gasteiger partial charge in [0.05, 0.1) is 12.2 Å². The Labute approximate surface area is 161 Å². The molecular formula is C24H40O2. The van der Waals surface area contributed by atoms with Gasteiger partial charge in [0.25, 0.3) is 0 Å². The molecule has 0 amide bonds. The maximum absolute atomic E-state index is 11.9. The number of esters is 1. The average molecular weight is 361 g/mol. The van der Waals surface area contributed by atoms with E-state index in [1.54, 1.807) is 0 Å². The second kappa shape index (κ2) is 15.9. The van der Waals surface area contributed by atoms with E-state index in [4.69, 9.17) is 4.74 Å². The molecule has 0 saturated carbocycles. The van der Waals surface area contributed by atoms with E-state index in [9.17, 15) is 4.79 Å². The van der Waals surface area contributed by atoms with Crippen molar-refractivity contribution in [2.24, 2.45) is 0 Å². The van der Waals surface area contributed by atoms with E-state index in [-0.39, 0.29) is 5.97 Å². The molecule has 2 nitrogen and oxygen atoms in total. The highest BCUT2D eigenvalue weighted by molar-refractivity contribution is 5.89. The van der Waals surface area contributed by atoms with Crippen LogP contribution in [0.5, 0.6) is 0 Å². The molecule has 2 heteroatoms. The van der Waals surface area contributed by atoms with Crippen molar-refractivity contribution in [2.45, 2.75) is 104 Å². The lowest BCUT2D eigenvalue weighted by Crippen LogP contribution is -2.06. The first-order chi connectivity index (χ1) is 12.7. The van der Waals surface area contributed by atoms with Crippen molar-refractivity contribution in [2.75, 3.05) is 6.61 Å². The zero-order valence-corrected chi connectivity index (χ0v) is 17.2.